The van der Waals surface area contributed by atoms with Crippen LogP contribution in [0.2, 0.25) is 0 Å². The molecule has 1 N–H and O–H groups in total. The van der Waals surface area contributed by atoms with Crippen LogP contribution in [-0.2, 0) is 4.79 Å². The van der Waals surface area contributed by atoms with Gasteiger partial charge in [0.2, 0.25) is 5.91 Å². The van der Waals surface area contributed by atoms with Gasteiger partial charge < -0.3 is 19.7 Å². The molecule has 0 bridgehead atoms. The number of fused-ring (bicyclic) bond motifs is 1. The van der Waals surface area contributed by atoms with Crippen LogP contribution in [0.15, 0.2) is 42.5 Å². The fourth-order valence-corrected chi connectivity index (χ4v) is 3.02. The SMILES string of the molecule is CC(C)Oc1ccc(C(=O)Nc2ccc3c(c2)N(C)C(=O)C(C)(C)CO3)cc1. The van der Waals surface area contributed by atoms with E-state index >= 15 is 0 Å². The lowest BCUT2D eigenvalue weighted by Crippen LogP contribution is -2.39. The van der Waals surface area contributed by atoms with Crippen molar-refractivity contribution >= 4 is 23.2 Å². The molecule has 0 aromatic heterocycles. The summed E-state index contributed by atoms with van der Waals surface area (Å²) in [5.74, 6) is 1.07. The third kappa shape index (κ3) is 4.11. The van der Waals surface area contributed by atoms with E-state index in [0.29, 0.717) is 29.3 Å². The van der Waals surface area contributed by atoms with Crippen LogP contribution >= 0.6 is 0 Å². The van der Waals surface area contributed by atoms with Crippen molar-refractivity contribution in [2.45, 2.75) is 33.8 Å². The average molecular weight is 382 g/mol. The molecule has 0 saturated carbocycles. The number of benzene rings is 2. The van der Waals surface area contributed by atoms with Gasteiger partial charge in [-0.2, -0.15) is 0 Å². The zero-order valence-corrected chi connectivity index (χ0v) is 16.9. The first-order valence-corrected chi connectivity index (χ1v) is 9.30. The highest BCUT2D eigenvalue weighted by Gasteiger charge is 2.36. The number of hydrogen-bond acceptors (Lipinski definition) is 4. The Morgan fingerprint density at radius 1 is 1.18 bits per heavy atom. The van der Waals surface area contributed by atoms with Gasteiger partial charge in [0.25, 0.3) is 5.91 Å². The van der Waals surface area contributed by atoms with Crippen LogP contribution in [0, 0.1) is 5.41 Å². The highest BCUT2D eigenvalue weighted by molar-refractivity contribution is 6.05. The number of amides is 2. The van der Waals surface area contributed by atoms with Crippen molar-refractivity contribution in [3.8, 4) is 11.5 Å². The van der Waals surface area contributed by atoms with E-state index in [2.05, 4.69) is 5.32 Å². The van der Waals surface area contributed by atoms with Gasteiger partial charge >= 0.3 is 0 Å². The van der Waals surface area contributed by atoms with Gasteiger partial charge in [0.05, 0.1) is 17.2 Å². The minimum absolute atomic E-state index is 0.0320. The number of anilines is 2. The first kappa shape index (κ1) is 19.7. The van der Waals surface area contributed by atoms with E-state index in [0.717, 1.165) is 5.75 Å². The molecule has 148 valence electrons. The summed E-state index contributed by atoms with van der Waals surface area (Å²) in [5, 5.41) is 2.87. The lowest BCUT2D eigenvalue weighted by Gasteiger charge is -2.24. The van der Waals surface area contributed by atoms with Crippen molar-refractivity contribution in [3.05, 3.63) is 48.0 Å². The maximum atomic E-state index is 12.6. The number of ether oxygens (including phenoxy) is 2. The summed E-state index contributed by atoms with van der Waals surface area (Å²) in [5.41, 5.74) is 1.13. The van der Waals surface area contributed by atoms with Crippen molar-refractivity contribution in [3.63, 3.8) is 0 Å². The number of nitrogens with zero attached hydrogens (tertiary/aromatic N) is 1. The molecule has 28 heavy (non-hydrogen) atoms. The summed E-state index contributed by atoms with van der Waals surface area (Å²) >= 11 is 0. The fourth-order valence-electron chi connectivity index (χ4n) is 3.02. The zero-order valence-electron chi connectivity index (χ0n) is 16.9. The number of carbonyl (C=O) groups is 2. The van der Waals surface area contributed by atoms with E-state index in [1.807, 2.05) is 27.7 Å². The molecule has 0 aliphatic carbocycles. The molecule has 0 fully saturated rings. The molecule has 0 spiro atoms. The van der Waals surface area contributed by atoms with Crippen molar-refractivity contribution in [2.75, 3.05) is 23.9 Å². The van der Waals surface area contributed by atoms with Crippen LogP contribution < -0.4 is 19.7 Å². The summed E-state index contributed by atoms with van der Waals surface area (Å²) in [6.45, 7) is 7.91. The minimum atomic E-state index is -0.614. The van der Waals surface area contributed by atoms with E-state index < -0.39 is 5.41 Å². The second kappa shape index (κ2) is 7.54. The minimum Gasteiger partial charge on any atom is -0.491 e. The Kier molecular flexibility index (Phi) is 5.31. The lowest BCUT2D eigenvalue weighted by molar-refractivity contribution is -0.127. The van der Waals surface area contributed by atoms with Crippen LogP contribution in [0.1, 0.15) is 38.1 Å². The Morgan fingerprint density at radius 2 is 1.86 bits per heavy atom. The molecule has 0 atom stereocenters. The number of nitrogens with one attached hydrogen (secondary N) is 1. The Morgan fingerprint density at radius 3 is 2.50 bits per heavy atom. The smallest absolute Gasteiger partial charge is 0.255 e. The first-order chi connectivity index (χ1) is 13.2. The zero-order chi connectivity index (χ0) is 20.5. The number of carbonyl (C=O) groups excluding carboxylic acids is 2. The van der Waals surface area contributed by atoms with Crippen LogP contribution in [0.3, 0.4) is 0 Å². The number of rotatable bonds is 4. The maximum absolute atomic E-state index is 12.6. The standard InChI is InChI=1S/C22H26N2O4/c1-14(2)28-17-9-6-15(7-10-17)20(25)23-16-8-11-19-18(12-16)24(5)21(26)22(3,4)13-27-19/h6-12,14H,13H2,1-5H3,(H,23,25). The molecule has 1 aliphatic heterocycles. The van der Waals surface area contributed by atoms with Crippen LogP contribution in [0.5, 0.6) is 11.5 Å². The summed E-state index contributed by atoms with van der Waals surface area (Å²) in [6, 6.07) is 12.3. The van der Waals surface area contributed by atoms with E-state index in [-0.39, 0.29) is 17.9 Å². The number of hydrogen-bond donors (Lipinski definition) is 1. The molecule has 0 saturated heterocycles. The highest BCUT2D eigenvalue weighted by atomic mass is 16.5. The van der Waals surface area contributed by atoms with Gasteiger partial charge in [0.1, 0.15) is 18.1 Å². The molecule has 1 aliphatic rings. The average Bonchev–Trinajstić information content (AvgIpc) is 2.73. The predicted octanol–water partition coefficient (Wildman–Crippen LogP) is 4.11. The monoisotopic (exact) mass is 382 g/mol. The van der Waals surface area contributed by atoms with Crippen molar-refractivity contribution in [2.24, 2.45) is 5.41 Å². The molecule has 6 heteroatoms. The fraction of sp³-hybridized carbons (Fsp3) is 0.364. The summed E-state index contributed by atoms with van der Waals surface area (Å²) in [7, 11) is 1.72. The quantitative estimate of drug-likeness (QED) is 0.864. The summed E-state index contributed by atoms with van der Waals surface area (Å²) in [4.78, 5) is 26.8. The van der Waals surface area contributed by atoms with Gasteiger partial charge in [-0.1, -0.05) is 0 Å². The molecule has 0 unspecified atom stereocenters. The van der Waals surface area contributed by atoms with Gasteiger partial charge in [-0.25, -0.2) is 0 Å². The van der Waals surface area contributed by atoms with E-state index in [9.17, 15) is 9.59 Å². The van der Waals surface area contributed by atoms with E-state index in [1.165, 1.54) is 0 Å². The van der Waals surface area contributed by atoms with Crippen LogP contribution in [0.25, 0.3) is 0 Å². The van der Waals surface area contributed by atoms with Crippen molar-refractivity contribution < 1.29 is 19.1 Å². The molecular formula is C22H26N2O4. The second-order valence-electron chi connectivity index (χ2n) is 7.86. The Balaban J connectivity index is 1.78. The van der Waals surface area contributed by atoms with Gasteiger partial charge in [-0.15, -0.1) is 0 Å². The lowest BCUT2D eigenvalue weighted by atomic mass is 9.93. The molecular weight excluding hydrogens is 356 g/mol. The Hall–Kier alpha value is -3.02. The molecule has 1 heterocycles. The molecule has 2 aromatic rings. The molecule has 0 radical (unpaired) electrons. The molecule has 2 aromatic carbocycles. The van der Waals surface area contributed by atoms with Gasteiger partial charge in [-0.3, -0.25) is 9.59 Å². The van der Waals surface area contributed by atoms with Crippen LogP contribution in [-0.4, -0.2) is 31.6 Å². The van der Waals surface area contributed by atoms with Crippen LogP contribution in [0.4, 0.5) is 11.4 Å². The largest absolute Gasteiger partial charge is 0.491 e. The Labute approximate surface area is 165 Å². The van der Waals surface area contributed by atoms with Gasteiger partial charge in [0, 0.05) is 18.3 Å². The first-order valence-electron chi connectivity index (χ1n) is 9.30. The van der Waals surface area contributed by atoms with E-state index in [4.69, 9.17) is 9.47 Å². The maximum Gasteiger partial charge on any atom is 0.255 e. The summed E-state index contributed by atoms with van der Waals surface area (Å²) < 4.78 is 11.4. The third-order valence-electron chi connectivity index (χ3n) is 4.54. The third-order valence-corrected chi connectivity index (χ3v) is 4.54. The normalized spacial score (nSPS) is 15.5. The molecule has 3 rings (SSSR count). The molecule has 6 nitrogen and oxygen atoms in total. The second-order valence-corrected chi connectivity index (χ2v) is 7.86. The summed E-state index contributed by atoms with van der Waals surface area (Å²) in [6.07, 6.45) is 0.0751. The van der Waals surface area contributed by atoms with Gasteiger partial charge in [0.15, 0.2) is 0 Å². The Bertz CT molecular complexity index is 888. The van der Waals surface area contributed by atoms with E-state index in [1.54, 1.807) is 54.4 Å². The van der Waals surface area contributed by atoms with Crippen molar-refractivity contribution in [1.29, 1.82) is 0 Å². The van der Waals surface area contributed by atoms with Gasteiger partial charge in [-0.05, 0) is 70.2 Å². The predicted molar refractivity (Wildman–Crippen MR) is 109 cm³/mol. The topological polar surface area (TPSA) is 67.9 Å². The molecule has 2 amide bonds. The highest BCUT2D eigenvalue weighted by Crippen LogP contribution is 2.37. The van der Waals surface area contributed by atoms with Crippen molar-refractivity contribution in [1.82, 2.24) is 0 Å².